The number of nitrogens with one attached hydrogen (secondary N) is 1. The van der Waals surface area contributed by atoms with Crippen LogP contribution in [-0.2, 0) is 0 Å². The van der Waals surface area contributed by atoms with Gasteiger partial charge < -0.3 is 5.32 Å². The molecule has 0 saturated heterocycles. The van der Waals surface area contributed by atoms with Crippen molar-refractivity contribution in [2.75, 3.05) is 0 Å². The van der Waals surface area contributed by atoms with E-state index in [2.05, 4.69) is 57.3 Å². The van der Waals surface area contributed by atoms with Gasteiger partial charge in [-0.15, -0.1) is 11.3 Å². The minimum atomic E-state index is 0.451. The molecule has 0 spiro atoms. The molecular weight excluding hydrogens is 238 g/mol. The van der Waals surface area contributed by atoms with Crippen molar-refractivity contribution < 1.29 is 0 Å². The van der Waals surface area contributed by atoms with E-state index in [1.54, 1.807) is 0 Å². The van der Waals surface area contributed by atoms with Crippen LogP contribution >= 0.6 is 11.3 Å². The van der Waals surface area contributed by atoms with Crippen LogP contribution in [0.3, 0.4) is 0 Å². The van der Waals surface area contributed by atoms with Crippen molar-refractivity contribution in [3.05, 3.63) is 34.7 Å². The molecule has 98 valence electrons. The van der Waals surface area contributed by atoms with Crippen LogP contribution in [0.25, 0.3) is 10.1 Å². The van der Waals surface area contributed by atoms with Crippen LogP contribution in [0.5, 0.6) is 0 Å². The van der Waals surface area contributed by atoms with E-state index in [0.29, 0.717) is 12.1 Å². The lowest BCUT2D eigenvalue weighted by molar-refractivity contribution is 0.435. The Morgan fingerprint density at radius 3 is 2.44 bits per heavy atom. The van der Waals surface area contributed by atoms with Crippen molar-refractivity contribution >= 4 is 21.4 Å². The summed E-state index contributed by atoms with van der Waals surface area (Å²) in [5.41, 5.74) is 1.45. The Bertz CT molecular complexity index is 511. The summed E-state index contributed by atoms with van der Waals surface area (Å²) in [6.07, 6.45) is 2.40. The molecule has 2 aromatic rings. The van der Waals surface area contributed by atoms with Crippen molar-refractivity contribution in [1.82, 2.24) is 5.32 Å². The Morgan fingerprint density at radius 1 is 1.17 bits per heavy atom. The molecule has 2 rings (SSSR count). The third-order valence-corrected chi connectivity index (χ3v) is 5.20. The third-order valence-electron chi connectivity index (χ3n) is 3.75. The van der Waals surface area contributed by atoms with E-state index in [4.69, 9.17) is 0 Å². The Balaban J connectivity index is 2.27. The van der Waals surface area contributed by atoms with Gasteiger partial charge in [-0.3, -0.25) is 0 Å². The molecule has 0 aliphatic carbocycles. The molecule has 1 nitrogen and oxygen atoms in total. The molecule has 1 N–H and O–H groups in total. The zero-order chi connectivity index (χ0) is 13.1. The molecule has 0 aliphatic heterocycles. The Morgan fingerprint density at radius 2 is 1.83 bits per heavy atom. The third kappa shape index (κ3) is 2.60. The lowest BCUT2D eigenvalue weighted by Gasteiger charge is -2.20. The highest BCUT2D eigenvalue weighted by molar-refractivity contribution is 7.19. The monoisotopic (exact) mass is 261 g/mol. The second-order valence-corrected chi connectivity index (χ2v) is 6.07. The minimum Gasteiger partial charge on any atom is -0.307 e. The van der Waals surface area contributed by atoms with Gasteiger partial charge in [0.2, 0.25) is 0 Å². The normalized spacial score (nSPS) is 13.4. The predicted octanol–water partition coefficient (Wildman–Crippen LogP) is 5.05. The summed E-state index contributed by atoms with van der Waals surface area (Å²) in [6, 6.07) is 9.79. The molecule has 0 bridgehead atoms. The number of benzene rings is 1. The van der Waals surface area contributed by atoms with Crippen LogP contribution in [0, 0.1) is 6.92 Å². The minimum absolute atomic E-state index is 0.451. The second kappa shape index (κ2) is 5.85. The van der Waals surface area contributed by atoms with E-state index >= 15 is 0 Å². The largest absolute Gasteiger partial charge is 0.307 e. The molecule has 0 amide bonds. The first kappa shape index (κ1) is 13.6. The maximum absolute atomic E-state index is 3.74. The summed E-state index contributed by atoms with van der Waals surface area (Å²) in [7, 11) is 0. The number of hydrogen-bond acceptors (Lipinski definition) is 2. The van der Waals surface area contributed by atoms with Crippen LogP contribution < -0.4 is 5.32 Å². The molecule has 0 fully saturated rings. The van der Waals surface area contributed by atoms with Crippen molar-refractivity contribution in [2.45, 2.75) is 52.6 Å². The average Bonchev–Trinajstić information content (AvgIpc) is 2.74. The molecule has 1 aromatic heterocycles. The molecule has 0 aliphatic rings. The number of rotatable bonds is 5. The number of fused-ring (bicyclic) bond motifs is 1. The summed E-state index contributed by atoms with van der Waals surface area (Å²) in [5, 5.41) is 5.16. The van der Waals surface area contributed by atoms with Crippen molar-refractivity contribution in [3.63, 3.8) is 0 Å². The van der Waals surface area contributed by atoms with Gasteiger partial charge in [0.1, 0.15) is 0 Å². The summed E-state index contributed by atoms with van der Waals surface area (Å²) < 4.78 is 1.41. The van der Waals surface area contributed by atoms with Gasteiger partial charge in [0, 0.05) is 21.7 Å². The molecule has 1 atom stereocenters. The summed E-state index contributed by atoms with van der Waals surface area (Å²) in [4.78, 5) is 1.49. The van der Waals surface area contributed by atoms with Crippen LogP contribution in [0.1, 0.15) is 50.1 Å². The Kier molecular flexibility index (Phi) is 4.41. The quantitative estimate of drug-likeness (QED) is 0.794. The molecule has 1 aromatic carbocycles. The van der Waals surface area contributed by atoms with E-state index in [1.807, 2.05) is 11.3 Å². The van der Waals surface area contributed by atoms with Gasteiger partial charge in [0.15, 0.2) is 0 Å². The van der Waals surface area contributed by atoms with Gasteiger partial charge in [-0.1, -0.05) is 32.0 Å². The molecule has 0 radical (unpaired) electrons. The lowest BCUT2D eigenvalue weighted by Crippen LogP contribution is -2.30. The highest BCUT2D eigenvalue weighted by atomic mass is 32.1. The fraction of sp³-hybridized carbons (Fsp3) is 0.500. The summed E-state index contributed by atoms with van der Waals surface area (Å²) in [6.45, 7) is 9.05. The fourth-order valence-corrected chi connectivity index (χ4v) is 3.78. The molecular formula is C16H23NS. The lowest BCUT2D eigenvalue weighted by atomic mass is 10.1. The SMILES string of the molecule is CCC(CC)NC(C)c1sc2ccccc2c1C. The first-order valence-corrected chi connectivity index (χ1v) is 7.73. The highest BCUT2D eigenvalue weighted by Crippen LogP contribution is 2.34. The number of thiophene rings is 1. The van der Waals surface area contributed by atoms with Crippen molar-refractivity contribution in [2.24, 2.45) is 0 Å². The number of aryl methyl sites for hydroxylation is 1. The van der Waals surface area contributed by atoms with Crippen molar-refractivity contribution in [3.8, 4) is 0 Å². The topological polar surface area (TPSA) is 12.0 Å². The van der Waals surface area contributed by atoms with E-state index < -0.39 is 0 Å². The molecule has 0 saturated carbocycles. The van der Waals surface area contributed by atoms with E-state index in [-0.39, 0.29) is 0 Å². The molecule has 18 heavy (non-hydrogen) atoms. The van der Waals surface area contributed by atoms with Gasteiger partial charge in [0.25, 0.3) is 0 Å². The van der Waals surface area contributed by atoms with Gasteiger partial charge >= 0.3 is 0 Å². The Hall–Kier alpha value is -0.860. The Labute approximate surface area is 114 Å². The zero-order valence-corrected chi connectivity index (χ0v) is 12.6. The van der Waals surface area contributed by atoms with E-state index in [0.717, 1.165) is 0 Å². The smallest absolute Gasteiger partial charge is 0.0391 e. The standard InChI is InChI=1S/C16H23NS/c1-5-13(6-2)17-12(4)16-11(3)14-9-7-8-10-15(14)18-16/h7-10,12-13,17H,5-6H2,1-4H3. The van der Waals surface area contributed by atoms with Gasteiger partial charge in [0.05, 0.1) is 0 Å². The fourth-order valence-electron chi connectivity index (χ4n) is 2.56. The molecule has 1 unspecified atom stereocenters. The van der Waals surface area contributed by atoms with Crippen LogP contribution in [0.4, 0.5) is 0 Å². The van der Waals surface area contributed by atoms with Gasteiger partial charge in [-0.05, 0) is 43.7 Å². The maximum atomic E-state index is 3.74. The first-order valence-electron chi connectivity index (χ1n) is 6.91. The van der Waals surface area contributed by atoms with Crippen LogP contribution in [-0.4, -0.2) is 6.04 Å². The number of hydrogen-bond donors (Lipinski definition) is 1. The average molecular weight is 261 g/mol. The predicted molar refractivity (Wildman–Crippen MR) is 82.5 cm³/mol. The highest BCUT2D eigenvalue weighted by Gasteiger charge is 2.16. The summed E-state index contributed by atoms with van der Waals surface area (Å²) >= 11 is 1.93. The zero-order valence-electron chi connectivity index (χ0n) is 11.8. The second-order valence-electron chi connectivity index (χ2n) is 4.99. The molecule has 1 heterocycles. The van der Waals surface area contributed by atoms with E-state index in [1.165, 1.54) is 33.4 Å². The molecule has 2 heteroatoms. The maximum Gasteiger partial charge on any atom is 0.0391 e. The van der Waals surface area contributed by atoms with Crippen LogP contribution in [0.2, 0.25) is 0 Å². The van der Waals surface area contributed by atoms with Gasteiger partial charge in [-0.2, -0.15) is 0 Å². The first-order chi connectivity index (χ1) is 8.67. The van der Waals surface area contributed by atoms with Crippen molar-refractivity contribution in [1.29, 1.82) is 0 Å². The van der Waals surface area contributed by atoms with Gasteiger partial charge in [-0.25, -0.2) is 0 Å². The summed E-state index contributed by atoms with van der Waals surface area (Å²) in [5.74, 6) is 0. The van der Waals surface area contributed by atoms with E-state index in [9.17, 15) is 0 Å². The van der Waals surface area contributed by atoms with Crippen LogP contribution in [0.15, 0.2) is 24.3 Å².